The minimum absolute atomic E-state index is 0. The molecule has 1 aliphatic heterocycles. The number of nitrogens with zero attached hydrogens (tertiary/aromatic N) is 1. The third-order valence-corrected chi connectivity index (χ3v) is 2.85. The van der Waals surface area contributed by atoms with E-state index in [4.69, 9.17) is 0 Å². The van der Waals surface area contributed by atoms with E-state index in [1.54, 1.807) is 0 Å². The molecule has 0 aromatic heterocycles. The first-order chi connectivity index (χ1) is 5.18. The molecule has 2 aliphatic rings. The molecule has 0 N–H and O–H groups in total. The number of halogens is 4. The maximum atomic E-state index is 3.44. The molecule has 0 saturated heterocycles. The van der Waals surface area contributed by atoms with Crippen LogP contribution in [0.1, 0.15) is 6.92 Å². The van der Waals surface area contributed by atoms with E-state index in [0.717, 1.165) is 4.61 Å². The van der Waals surface area contributed by atoms with Crippen molar-refractivity contribution in [1.82, 2.24) is 4.90 Å². The SMILES string of the molecule is CC1=CC2C(=C1)[C-]=C(Br)N2C.[Cl-].[Cl-].[Cl-].[Zr+4]. The minimum atomic E-state index is 0. The van der Waals surface area contributed by atoms with E-state index in [-0.39, 0.29) is 63.4 Å². The fraction of sp³-hybridized carbons (Fsp3) is 0.333. The van der Waals surface area contributed by atoms with E-state index >= 15 is 0 Å². The molecule has 2 rings (SSSR count). The number of rotatable bonds is 0. The van der Waals surface area contributed by atoms with E-state index in [1.807, 2.05) is 0 Å². The molecule has 0 spiro atoms. The molecule has 82 valence electrons. The zero-order valence-corrected chi connectivity index (χ0v) is 14.5. The molecule has 1 atom stereocenters. The fourth-order valence-corrected chi connectivity index (χ4v) is 1.93. The molecular formula is C9H9BrCl3NZr. The van der Waals surface area contributed by atoms with Crippen LogP contribution in [-0.2, 0) is 26.2 Å². The number of fused-ring (bicyclic) bond motifs is 1. The van der Waals surface area contributed by atoms with Gasteiger partial charge in [0.1, 0.15) is 0 Å². The summed E-state index contributed by atoms with van der Waals surface area (Å²) >= 11 is 3.44. The van der Waals surface area contributed by atoms with Gasteiger partial charge >= 0.3 is 26.2 Å². The molecule has 0 bridgehead atoms. The normalized spacial score (nSPS) is 20.6. The van der Waals surface area contributed by atoms with Crippen LogP contribution in [-0.4, -0.2) is 18.0 Å². The average molecular weight is 409 g/mol. The molecule has 1 nitrogen and oxygen atoms in total. The van der Waals surface area contributed by atoms with Crippen molar-refractivity contribution < 1.29 is 63.4 Å². The summed E-state index contributed by atoms with van der Waals surface area (Å²) in [7, 11) is 2.07. The van der Waals surface area contributed by atoms with Crippen LogP contribution in [0.2, 0.25) is 0 Å². The zero-order valence-electron chi connectivity index (χ0n) is 8.19. The van der Waals surface area contributed by atoms with Gasteiger partial charge in [-0.25, -0.2) is 12.2 Å². The second-order valence-electron chi connectivity index (χ2n) is 2.98. The zero-order chi connectivity index (χ0) is 8.01. The van der Waals surface area contributed by atoms with Crippen LogP contribution in [0.3, 0.4) is 0 Å². The average Bonchev–Trinajstić information content (AvgIpc) is 2.37. The summed E-state index contributed by atoms with van der Waals surface area (Å²) < 4.78 is 1.05. The van der Waals surface area contributed by atoms with Crippen molar-refractivity contribution >= 4 is 15.9 Å². The monoisotopic (exact) mass is 405 g/mol. The predicted octanol–water partition coefficient (Wildman–Crippen LogP) is -6.76. The maximum Gasteiger partial charge on any atom is 4.00 e. The Balaban J connectivity index is -0.000000360. The molecule has 0 fully saturated rings. The van der Waals surface area contributed by atoms with Gasteiger partial charge in [-0.1, -0.05) is 28.9 Å². The van der Waals surface area contributed by atoms with Gasteiger partial charge in [-0.3, -0.25) is 0 Å². The van der Waals surface area contributed by atoms with Crippen LogP contribution < -0.4 is 37.2 Å². The number of likely N-dealkylation sites (N-methyl/N-ethyl adjacent to an activating group) is 1. The second kappa shape index (κ2) is 8.36. The van der Waals surface area contributed by atoms with E-state index in [2.05, 4.69) is 53.0 Å². The van der Waals surface area contributed by atoms with Crippen molar-refractivity contribution in [2.45, 2.75) is 13.0 Å². The number of hydrogen-bond acceptors (Lipinski definition) is 1. The topological polar surface area (TPSA) is 3.24 Å². The van der Waals surface area contributed by atoms with Crippen LogP contribution in [0.5, 0.6) is 0 Å². The molecule has 1 unspecified atom stereocenters. The molecule has 1 heterocycles. The summed E-state index contributed by atoms with van der Waals surface area (Å²) in [6.45, 7) is 2.12. The van der Waals surface area contributed by atoms with Crippen LogP contribution in [0, 0.1) is 6.08 Å². The number of allylic oxidation sites excluding steroid dienone is 2. The molecule has 0 saturated carbocycles. The van der Waals surface area contributed by atoms with Crippen molar-refractivity contribution in [2.24, 2.45) is 0 Å². The van der Waals surface area contributed by atoms with Gasteiger partial charge < -0.3 is 42.1 Å². The number of hydrogen-bond donors (Lipinski definition) is 0. The van der Waals surface area contributed by atoms with E-state index in [0.29, 0.717) is 6.04 Å². The largest absolute Gasteiger partial charge is 4.00 e. The standard InChI is InChI=1S/C9H9BrN.3ClH.Zr/c1-6-3-7-5-9(10)11(2)8(7)4-6;;;;/h3-4,8H,1-2H3;3*1H;/q-1;;;;+4/p-3. The molecule has 15 heavy (non-hydrogen) atoms. The van der Waals surface area contributed by atoms with Gasteiger partial charge in [-0.2, -0.15) is 5.57 Å². The van der Waals surface area contributed by atoms with Gasteiger partial charge in [0.2, 0.25) is 0 Å². The molecule has 0 aromatic rings. The summed E-state index contributed by atoms with van der Waals surface area (Å²) in [6, 6.07) is 0.435. The van der Waals surface area contributed by atoms with Crippen LogP contribution in [0.15, 0.2) is 27.9 Å². The second-order valence-corrected chi connectivity index (χ2v) is 3.73. The predicted molar refractivity (Wildman–Crippen MR) is 49.1 cm³/mol. The smallest absolute Gasteiger partial charge is 1.00 e. The Kier molecular flexibility index (Phi) is 12.0. The first kappa shape index (κ1) is 21.5. The molecule has 0 aromatic carbocycles. The summed E-state index contributed by atoms with van der Waals surface area (Å²) in [6.07, 6.45) is 7.69. The van der Waals surface area contributed by atoms with E-state index in [1.165, 1.54) is 11.1 Å². The molecular weight excluding hydrogens is 400 g/mol. The summed E-state index contributed by atoms with van der Waals surface area (Å²) in [5.41, 5.74) is 2.61. The van der Waals surface area contributed by atoms with Gasteiger partial charge in [0.15, 0.2) is 0 Å². The third-order valence-electron chi connectivity index (χ3n) is 2.10. The van der Waals surface area contributed by atoms with Gasteiger partial charge in [-0.15, -0.1) is 5.57 Å². The summed E-state index contributed by atoms with van der Waals surface area (Å²) in [5.74, 6) is 0. The quantitative estimate of drug-likeness (QED) is 0.285. The van der Waals surface area contributed by atoms with Crippen molar-refractivity contribution in [2.75, 3.05) is 7.05 Å². The van der Waals surface area contributed by atoms with Crippen molar-refractivity contribution in [3.63, 3.8) is 0 Å². The Hall–Kier alpha value is 1.25. The molecule has 0 radical (unpaired) electrons. The van der Waals surface area contributed by atoms with Crippen molar-refractivity contribution in [3.8, 4) is 0 Å². The third kappa shape index (κ3) is 4.20. The van der Waals surface area contributed by atoms with Crippen LogP contribution >= 0.6 is 15.9 Å². The van der Waals surface area contributed by atoms with Crippen molar-refractivity contribution in [3.05, 3.63) is 34.0 Å². The van der Waals surface area contributed by atoms with Gasteiger partial charge in [0, 0.05) is 13.1 Å². The maximum absolute atomic E-state index is 3.44. The minimum Gasteiger partial charge on any atom is -1.00 e. The van der Waals surface area contributed by atoms with Gasteiger partial charge in [-0.05, 0) is 4.61 Å². The Morgan fingerprint density at radius 3 is 2.33 bits per heavy atom. The van der Waals surface area contributed by atoms with E-state index in [9.17, 15) is 0 Å². The van der Waals surface area contributed by atoms with Gasteiger partial charge in [0.05, 0.1) is 0 Å². The van der Waals surface area contributed by atoms with Crippen molar-refractivity contribution in [1.29, 1.82) is 0 Å². The summed E-state index contributed by atoms with van der Waals surface area (Å²) in [4.78, 5) is 2.17. The molecule has 1 aliphatic carbocycles. The van der Waals surface area contributed by atoms with Crippen LogP contribution in [0.25, 0.3) is 0 Å². The fourth-order valence-electron chi connectivity index (χ4n) is 1.48. The van der Waals surface area contributed by atoms with E-state index < -0.39 is 0 Å². The molecule has 0 amide bonds. The first-order valence-corrected chi connectivity index (χ1v) is 4.40. The first-order valence-electron chi connectivity index (χ1n) is 3.61. The molecule has 6 heteroatoms. The van der Waals surface area contributed by atoms with Crippen LogP contribution in [0.4, 0.5) is 0 Å². The Morgan fingerprint density at radius 2 is 1.87 bits per heavy atom. The Labute approximate surface area is 137 Å². The van der Waals surface area contributed by atoms with Gasteiger partial charge in [0.25, 0.3) is 0 Å². The summed E-state index contributed by atoms with van der Waals surface area (Å²) in [5, 5.41) is 0. The Morgan fingerprint density at radius 1 is 1.33 bits per heavy atom. The Bertz CT molecular complexity index is 302.